The second kappa shape index (κ2) is 12.2. The molecule has 0 bridgehead atoms. The van der Waals surface area contributed by atoms with Crippen molar-refractivity contribution in [1.29, 1.82) is 5.41 Å². The molecular formula is C24H29BrN2O3. The minimum atomic E-state index is -0.261. The van der Waals surface area contributed by atoms with E-state index in [9.17, 15) is 4.79 Å². The van der Waals surface area contributed by atoms with Crippen molar-refractivity contribution in [3.8, 4) is 5.75 Å². The van der Waals surface area contributed by atoms with Crippen LogP contribution < -0.4 is 10.1 Å². The number of para-hydroxylation sites is 1. The number of halogens is 1. The molecule has 2 N–H and O–H groups in total. The first-order chi connectivity index (χ1) is 14.6. The van der Waals surface area contributed by atoms with E-state index in [2.05, 4.69) is 34.4 Å². The van der Waals surface area contributed by atoms with Crippen molar-refractivity contribution in [2.24, 2.45) is 5.92 Å². The number of hydrogen-bond donors (Lipinski definition) is 2. The Morgan fingerprint density at radius 1 is 1.30 bits per heavy atom. The molecule has 0 unspecified atom stereocenters. The molecule has 6 heteroatoms. The summed E-state index contributed by atoms with van der Waals surface area (Å²) in [4.78, 5) is 11.8. The standard InChI is InChI=1S/C22H25BrN2O3.C2H4/c1-2-27-22(26)11-17-5-3-4-6-21(17)28-14-16-9-19(23)18(12-24)20(10-16)25-13-15-7-8-15;1-2/h3-6,9-10,12,15,24-25H,2,7-8,11,13-14H2,1H3;1-2H2. The second-order valence-electron chi connectivity index (χ2n) is 6.89. The molecule has 0 spiro atoms. The van der Waals surface area contributed by atoms with Gasteiger partial charge in [0.05, 0.1) is 13.0 Å². The third kappa shape index (κ3) is 7.02. The molecule has 0 saturated heterocycles. The lowest BCUT2D eigenvalue weighted by Crippen LogP contribution is -2.09. The third-order valence-corrected chi connectivity index (χ3v) is 5.27. The minimum Gasteiger partial charge on any atom is -0.489 e. The van der Waals surface area contributed by atoms with Gasteiger partial charge in [0.25, 0.3) is 0 Å². The lowest BCUT2D eigenvalue weighted by atomic mass is 10.1. The SMILES string of the molecule is C=C.CCOC(=O)Cc1ccccc1OCc1cc(Br)c(C=N)c(NCC2CC2)c1. The Balaban J connectivity index is 0.00000155. The number of benzene rings is 2. The number of hydrogen-bond acceptors (Lipinski definition) is 5. The predicted octanol–water partition coefficient (Wildman–Crippen LogP) is 5.76. The Kier molecular flexibility index (Phi) is 9.61. The summed E-state index contributed by atoms with van der Waals surface area (Å²) in [5.41, 5.74) is 3.58. The van der Waals surface area contributed by atoms with Crippen LogP contribution in [0.1, 0.15) is 36.5 Å². The van der Waals surface area contributed by atoms with Crippen LogP contribution in [0.2, 0.25) is 0 Å². The number of nitrogens with one attached hydrogen (secondary N) is 2. The Morgan fingerprint density at radius 2 is 2.03 bits per heavy atom. The van der Waals surface area contributed by atoms with Crippen molar-refractivity contribution in [2.45, 2.75) is 32.8 Å². The summed E-state index contributed by atoms with van der Waals surface area (Å²) in [6, 6.07) is 11.5. The number of rotatable bonds is 10. The van der Waals surface area contributed by atoms with Crippen LogP contribution in [-0.4, -0.2) is 25.3 Å². The smallest absolute Gasteiger partial charge is 0.310 e. The number of esters is 1. The summed E-state index contributed by atoms with van der Waals surface area (Å²) in [7, 11) is 0. The van der Waals surface area contributed by atoms with Gasteiger partial charge >= 0.3 is 5.97 Å². The van der Waals surface area contributed by atoms with E-state index in [0.717, 1.165) is 39.3 Å². The predicted molar refractivity (Wildman–Crippen MR) is 126 cm³/mol. The fourth-order valence-electron chi connectivity index (χ4n) is 2.95. The molecule has 0 amide bonds. The molecule has 0 aromatic heterocycles. The zero-order valence-electron chi connectivity index (χ0n) is 17.4. The molecular weight excluding hydrogens is 444 g/mol. The first-order valence-electron chi connectivity index (χ1n) is 10.0. The lowest BCUT2D eigenvalue weighted by Gasteiger charge is -2.15. The van der Waals surface area contributed by atoms with Crippen LogP contribution in [0, 0.1) is 11.3 Å². The van der Waals surface area contributed by atoms with Gasteiger partial charge in [-0.25, -0.2) is 0 Å². The molecule has 0 atom stereocenters. The molecule has 2 aromatic carbocycles. The van der Waals surface area contributed by atoms with E-state index in [4.69, 9.17) is 14.9 Å². The van der Waals surface area contributed by atoms with Gasteiger partial charge in [0.1, 0.15) is 12.4 Å². The van der Waals surface area contributed by atoms with Gasteiger partial charge in [0.15, 0.2) is 0 Å². The van der Waals surface area contributed by atoms with Crippen LogP contribution in [-0.2, 0) is 22.6 Å². The molecule has 1 aliphatic rings. The summed E-state index contributed by atoms with van der Waals surface area (Å²) in [5, 5.41) is 11.2. The van der Waals surface area contributed by atoms with Gasteiger partial charge in [-0.2, -0.15) is 0 Å². The molecule has 0 radical (unpaired) electrons. The Morgan fingerprint density at radius 3 is 2.70 bits per heavy atom. The van der Waals surface area contributed by atoms with Crippen molar-refractivity contribution in [3.63, 3.8) is 0 Å². The van der Waals surface area contributed by atoms with E-state index in [1.807, 2.05) is 36.4 Å². The number of carbonyl (C=O) groups excluding carboxylic acids is 1. The first kappa shape index (κ1) is 23.7. The van der Waals surface area contributed by atoms with E-state index in [1.165, 1.54) is 19.1 Å². The van der Waals surface area contributed by atoms with Crippen LogP contribution >= 0.6 is 15.9 Å². The monoisotopic (exact) mass is 472 g/mol. The van der Waals surface area contributed by atoms with Gasteiger partial charge in [-0.15, -0.1) is 13.2 Å². The highest BCUT2D eigenvalue weighted by Crippen LogP contribution is 2.31. The van der Waals surface area contributed by atoms with Gasteiger partial charge in [-0.3, -0.25) is 4.79 Å². The van der Waals surface area contributed by atoms with Gasteiger partial charge in [-0.1, -0.05) is 34.1 Å². The molecule has 0 heterocycles. The van der Waals surface area contributed by atoms with Crippen LogP contribution in [0.25, 0.3) is 0 Å². The summed E-state index contributed by atoms with van der Waals surface area (Å²) in [6.45, 7) is 9.46. The van der Waals surface area contributed by atoms with Crippen molar-refractivity contribution >= 4 is 33.8 Å². The summed E-state index contributed by atoms with van der Waals surface area (Å²) in [6.07, 6.45) is 4.09. The molecule has 0 aliphatic heterocycles. The topological polar surface area (TPSA) is 71.4 Å². The Hall–Kier alpha value is -2.60. The third-order valence-electron chi connectivity index (χ3n) is 4.62. The highest BCUT2D eigenvalue weighted by Gasteiger charge is 2.21. The van der Waals surface area contributed by atoms with Crippen molar-refractivity contribution < 1.29 is 14.3 Å². The van der Waals surface area contributed by atoms with Crippen LogP contribution in [0.15, 0.2) is 54.0 Å². The largest absolute Gasteiger partial charge is 0.489 e. The number of anilines is 1. The maximum absolute atomic E-state index is 11.8. The highest BCUT2D eigenvalue weighted by molar-refractivity contribution is 9.10. The van der Waals surface area contributed by atoms with Gasteiger partial charge < -0.3 is 20.2 Å². The molecule has 160 valence electrons. The summed E-state index contributed by atoms with van der Waals surface area (Å²) >= 11 is 3.56. The summed E-state index contributed by atoms with van der Waals surface area (Å²) in [5.74, 6) is 1.16. The minimum absolute atomic E-state index is 0.189. The Bertz CT molecular complexity index is 866. The maximum Gasteiger partial charge on any atom is 0.310 e. The molecule has 1 saturated carbocycles. The van der Waals surface area contributed by atoms with Gasteiger partial charge in [0, 0.05) is 34.0 Å². The molecule has 1 fully saturated rings. The maximum atomic E-state index is 11.8. The zero-order chi connectivity index (χ0) is 21.9. The van der Waals surface area contributed by atoms with E-state index >= 15 is 0 Å². The number of ether oxygens (including phenoxy) is 2. The van der Waals surface area contributed by atoms with E-state index in [1.54, 1.807) is 6.92 Å². The van der Waals surface area contributed by atoms with Crippen LogP contribution in [0.5, 0.6) is 5.75 Å². The van der Waals surface area contributed by atoms with E-state index in [0.29, 0.717) is 19.0 Å². The van der Waals surface area contributed by atoms with E-state index in [-0.39, 0.29) is 12.4 Å². The highest BCUT2D eigenvalue weighted by atomic mass is 79.9. The quantitative estimate of drug-likeness (QED) is 0.262. The number of carbonyl (C=O) groups is 1. The zero-order valence-corrected chi connectivity index (χ0v) is 19.0. The van der Waals surface area contributed by atoms with Crippen LogP contribution in [0.3, 0.4) is 0 Å². The normalized spacial score (nSPS) is 12.3. The lowest BCUT2D eigenvalue weighted by molar-refractivity contribution is -0.142. The fraction of sp³-hybridized carbons (Fsp3) is 0.333. The van der Waals surface area contributed by atoms with Gasteiger partial charge in [-0.05, 0) is 49.4 Å². The average Bonchev–Trinajstić information content (AvgIpc) is 3.57. The first-order valence-corrected chi connectivity index (χ1v) is 10.8. The van der Waals surface area contributed by atoms with Crippen LogP contribution in [0.4, 0.5) is 5.69 Å². The summed E-state index contributed by atoms with van der Waals surface area (Å²) < 4.78 is 11.9. The van der Waals surface area contributed by atoms with Gasteiger partial charge in [0.2, 0.25) is 0 Å². The fourth-order valence-corrected chi connectivity index (χ4v) is 3.57. The molecule has 5 nitrogen and oxygen atoms in total. The van der Waals surface area contributed by atoms with Crippen molar-refractivity contribution in [1.82, 2.24) is 0 Å². The van der Waals surface area contributed by atoms with Crippen molar-refractivity contribution in [2.75, 3.05) is 18.5 Å². The molecule has 3 rings (SSSR count). The van der Waals surface area contributed by atoms with Crippen molar-refractivity contribution in [3.05, 3.63) is 70.7 Å². The molecule has 1 aliphatic carbocycles. The second-order valence-corrected chi connectivity index (χ2v) is 7.74. The Labute approximate surface area is 187 Å². The van der Waals surface area contributed by atoms with E-state index < -0.39 is 0 Å². The molecule has 2 aromatic rings. The molecule has 30 heavy (non-hydrogen) atoms. The average molecular weight is 473 g/mol.